The number of carbonyl (C=O) groups is 1. The highest BCUT2D eigenvalue weighted by atomic mass is 32.7. The minimum absolute atomic E-state index is 0.0620. The maximum Gasteiger partial charge on any atom is 0.246 e. The summed E-state index contributed by atoms with van der Waals surface area (Å²) >= 11 is 0. The van der Waals surface area contributed by atoms with E-state index in [0.29, 0.717) is 11.1 Å². The standard InChI is InChI=1S/C16H19N2O5PS/c1-23-16-5-4-13(11-19)8-15(16)18(25(21,22)24)10-14(20)7-12-3-2-6-17-9-12/h2-6,8-9,19H,7,10-11,24H2,1H3. The summed E-state index contributed by atoms with van der Waals surface area (Å²) < 4.78 is 30.5. The number of methoxy groups -OCH3 is 1. The van der Waals surface area contributed by atoms with Crippen LogP contribution >= 0.6 is 8.44 Å². The summed E-state index contributed by atoms with van der Waals surface area (Å²) in [5.74, 6) is -0.00659. The lowest BCUT2D eigenvalue weighted by molar-refractivity contribution is -0.117. The number of ketones is 1. The Morgan fingerprint density at radius 1 is 1.32 bits per heavy atom. The fraction of sp³-hybridized carbons (Fsp3) is 0.250. The van der Waals surface area contributed by atoms with E-state index in [9.17, 15) is 18.3 Å². The molecule has 0 aliphatic heterocycles. The van der Waals surface area contributed by atoms with Crippen molar-refractivity contribution in [2.24, 2.45) is 0 Å². The molecule has 7 nitrogen and oxygen atoms in total. The van der Waals surface area contributed by atoms with Gasteiger partial charge in [-0.1, -0.05) is 12.1 Å². The summed E-state index contributed by atoms with van der Waals surface area (Å²) in [6.07, 6.45) is 3.22. The second-order valence-electron chi connectivity index (χ2n) is 5.29. The average Bonchev–Trinajstić information content (AvgIpc) is 2.59. The summed E-state index contributed by atoms with van der Waals surface area (Å²) in [7, 11) is -0.672. The molecule has 0 fully saturated rings. The van der Waals surface area contributed by atoms with E-state index in [4.69, 9.17) is 4.74 Å². The quantitative estimate of drug-likeness (QED) is 0.692. The first-order valence-electron chi connectivity index (χ1n) is 7.34. The van der Waals surface area contributed by atoms with Gasteiger partial charge >= 0.3 is 0 Å². The van der Waals surface area contributed by atoms with Gasteiger partial charge < -0.3 is 9.84 Å². The smallest absolute Gasteiger partial charge is 0.246 e. The van der Waals surface area contributed by atoms with Crippen LogP contribution in [0, 0.1) is 0 Å². The zero-order valence-electron chi connectivity index (χ0n) is 13.6. The van der Waals surface area contributed by atoms with Crippen molar-refractivity contribution in [2.45, 2.75) is 13.0 Å². The number of carbonyl (C=O) groups excluding carboxylic acids is 1. The summed E-state index contributed by atoms with van der Waals surface area (Å²) in [4.78, 5) is 16.3. The average molecular weight is 382 g/mol. The third kappa shape index (κ3) is 5.22. The van der Waals surface area contributed by atoms with Crippen molar-refractivity contribution in [3.8, 4) is 5.75 Å². The Labute approximate surface area is 148 Å². The Bertz CT molecular complexity index is 843. The predicted molar refractivity (Wildman–Crippen MR) is 97.8 cm³/mol. The Balaban J connectivity index is 2.33. The second-order valence-corrected chi connectivity index (χ2v) is 8.55. The van der Waals surface area contributed by atoms with Gasteiger partial charge in [-0.15, -0.1) is 0 Å². The highest BCUT2D eigenvalue weighted by Crippen LogP contribution is 2.33. The number of hydrogen-bond acceptors (Lipinski definition) is 6. The van der Waals surface area contributed by atoms with Gasteiger partial charge in [-0.3, -0.25) is 14.1 Å². The molecule has 9 heteroatoms. The highest BCUT2D eigenvalue weighted by molar-refractivity contribution is 8.38. The largest absolute Gasteiger partial charge is 0.495 e. The van der Waals surface area contributed by atoms with Crippen LogP contribution in [0.3, 0.4) is 0 Å². The van der Waals surface area contributed by atoms with Gasteiger partial charge in [-0.05, 0) is 29.3 Å². The van der Waals surface area contributed by atoms with Crippen LogP contribution in [-0.4, -0.2) is 37.9 Å². The van der Waals surface area contributed by atoms with Gasteiger partial charge in [-0.25, -0.2) is 8.42 Å². The number of hydrogen-bond donors (Lipinski definition) is 1. The van der Waals surface area contributed by atoms with Crippen LogP contribution in [0.25, 0.3) is 0 Å². The van der Waals surface area contributed by atoms with Crippen LogP contribution in [0.4, 0.5) is 5.69 Å². The molecular formula is C16H19N2O5PS. The molecule has 0 radical (unpaired) electrons. The van der Waals surface area contributed by atoms with Crippen molar-refractivity contribution >= 4 is 29.6 Å². The molecule has 1 atom stereocenters. The van der Waals surface area contributed by atoms with Crippen molar-refractivity contribution in [1.29, 1.82) is 0 Å². The topological polar surface area (TPSA) is 96.8 Å². The van der Waals surface area contributed by atoms with Crippen molar-refractivity contribution in [2.75, 3.05) is 18.0 Å². The number of ether oxygens (including phenoxy) is 1. The monoisotopic (exact) mass is 382 g/mol. The van der Waals surface area contributed by atoms with Crippen LogP contribution < -0.4 is 9.04 Å². The van der Waals surface area contributed by atoms with Gasteiger partial charge in [0.15, 0.2) is 5.78 Å². The summed E-state index contributed by atoms with van der Waals surface area (Å²) in [6, 6.07) is 8.11. The minimum atomic E-state index is -3.81. The first-order chi connectivity index (χ1) is 11.8. The number of aromatic nitrogens is 1. The molecule has 0 spiro atoms. The Kier molecular flexibility index (Phi) is 6.47. The van der Waals surface area contributed by atoms with Gasteiger partial charge in [0.25, 0.3) is 0 Å². The van der Waals surface area contributed by atoms with E-state index in [0.717, 1.165) is 4.31 Å². The molecule has 1 aromatic carbocycles. The van der Waals surface area contributed by atoms with Crippen LogP contribution in [-0.2, 0) is 27.5 Å². The molecule has 25 heavy (non-hydrogen) atoms. The van der Waals surface area contributed by atoms with Gasteiger partial charge in [0, 0.05) is 27.3 Å². The fourth-order valence-electron chi connectivity index (χ4n) is 2.29. The number of pyridine rings is 1. The van der Waals surface area contributed by atoms with Crippen molar-refractivity contribution in [1.82, 2.24) is 4.98 Å². The molecule has 1 aromatic heterocycles. The number of nitrogens with zero attached hydrogens (tertiary/aromatic N) is 2. The molecule has 0 amide bonds. The molecule has 0 aliphatic carbocycles. The molecule has 2 aromatic rings. The number of Topliss-reactive ketones (excluding diaryl/α,β-unsaturated/α-hetero) is 1. The fourth-order valence-corrected chi connectivity index (χ4v) is 3.59. The molecule has 1 unspecified atom stereocenters. The van der Waals surface area contributed by atoms with Gasteiger partial charge in [-0.2, -0.15) is 0 Å². The van der Waals surface area contributed by atoms with Crippen LogP contribution in [0.1, 0.15) is 11.1 Å². The number of aliphatic hydroxyl groups excluding tert-OH is 1. The molecule has 0 saturated heterocycles. The van der Waals surface area contributed by atoms with Crippen molar-refractivity contribution < 1.29 is 23.1 Å². The number of benzene rings is 1. The zero-order chi connectivity index (χ0) is 18.4. The minimum Gasteiger partial charge on any atom is -0.495 e. The maximum atomic E-state index is 12.4. The lowest BCUT2D eigenvalue weighted by Gasteiger charge is -2.24. The predicted octanol–water partition coefficient (Wildman–Crippen LogP) is 1.32. The lowest BCUT2D eigenvalue weighted by Crippen LogP contribution is -2.33. The summed E-state index contributed by atoms with van der Waals surface area (Å²) in [5.41, 5.74) is 1.41. The highest BCUT2D eigenvalue weighted by Gasteiger charge is 2.24. The second kappa shape index (κ2) is 8.38. The van der Waals surface area contributed by atoms with E-state index in [2.05, 4.69) is 4.98 Å². The SMILES string of the molecule is COc1ccc(CO)cc1N(CC(=O)Cc1cccnc1)S(=O)(=O)P. The molecule has 2 rings (SSSR count). The maximum absolute atomic E-state index is 12.4. The van der Waals surface area contributed by atoms with E-state index < -0.39 is 9.64 Å². The molecule has 1 N–H and O–H groups in total. The third-order valence-corrected chi connectivity index (χ3v) is 5.15. The van der Waals surface area contributed by atoms with Gasteiger partial charge in [0.2, 0.25) is 9.64 Å². The van der Waals surface area contributed by atoms with Crippen LogP contribution in [0.2, 0.25) is 0 Å². The van der Waals surface area contributed by atoms with E-state index in [-0.39, 0.29) is 36.8 Å². The van der Waals surface area contributed by atoms with E-state index in [1.54, 1.807) is 45.1 Å². The van der Waals surface area contributed by atoms with Crippen molar-refractivity contribution in [3.63, 3.8) is 0 Å². The van der Waals surface area contributed by atoms with E-state index in [1.165, 1.54) is 13.2 Å². The Morgan fingerprint density at radius 2 is 2.08 bits per heavy atom. The molecule has 134 valence electrons. The molecule has 0 aliphatic rings. The van der Waals surface area contributed by atoms with E-state index in [1.807, 2.05) is 0 Å². The summed E-state index contributed by atoms with van der Waals surface area (Å²) in [6.45, 7) is -0.614. The summed E-state index contributed by atoms with van der Waals surface area (Å²) in [5, 5.41) is 9.30. The third-order valence-electron chi connectivity index (χ3n) is 3.45. The zero-order valence-corrected chi connectivity index (χ0v) is 15.6. The van der Waals surface area contributed by atoms with Gasteiger partial charge in [0.1, 0.15) is 5.75 Å². The molecule has 0 saturated carbocycles. The van der Waals surface area contributed by atoms with Crippen molar-refractivity contribution in [3.05, 3.63) is 53.9 Å². The Hall–Kier alpha value is -2.02. The first-order valence-corrected chi connectivity index (χ1v) is 10.3. The van der Waals surface area contributed by atoms with Gasteiger partial charge in [0.05, 0.1) is 25.9 Å². The Morgan fingerprint density at radius 3 is 2.64 bits per heavy atom. The number of anilines is 1. The number of rotatable bonds is 8. The molecule has 1 heterocycles. The first kappa shape index (κ1) is 19.3. The number of aliphatic hydroxyl groups is 1. The van der Waals surface area contributed by atoms with Crippen LogP contribution in [0.15, 0.2) is 42.7 Å². The lowest BCUT2D eigenvalue weighted by atomic mass is 10.1. The van der Waals surface area contributed by atoms with E-state index >= 15 is 0 Å². The van der Waals surface area contributed by atoms with Crippen LogP contribution in [0.5, 0.6) is 5.75 Å². The molecule has 0 bridgehead atoms. The molecular weight excluding hydrogens is 363 g/mol. The normalized spacial score (nSPS) is 11.2.